The molecule has 0 aromatic rings. The molecule has 17 heavy (non-hydrogen) atoms. The van der Waals surface area contributed by atoms with E-state index in [-0.39, 0.29) is 11.3 Å². The SMILES string of the molecule is CCC1SCC(C(=O)O)N1C(=O)CCCNC. The Morgan fingerprint density at radius 1 is 1.53 bits per heavy atom. The van der Waals surface area contributed by atoms with Gasteiger partial charge in [-0.15, -0.1) is 11.8 Å². The molecule has 1 aliphatic heterocycles. The molecule has 1 amide bonds. The molecule has 1 aliphatic rings. The predicted molar refractivity (Wildman–Crippen MR) is 68.0 cm³/mol. The lowest BCUT2D eigenvalue weighted by Gasteiger charge is -2.26. The highest BCUT2D eigenvalue weighted by Gasteiger charge is 2.40. The third-order valence-electron chi connectivity index (χ3n) is 2.83. The Hall–Kier alpha value is -0.750. The molecule has 2 N–H and O–H groups in total. The van der Waals surface area contributed by atoms with E-state index in [9.17, 15) is 9.59 Å². The van der Waals surface area contributed by atoms with Gasteiger partial charge in [0, 0.05) is 12.2 Å². The van der Waals surface area contributed by atoms with Crippen molar-refractivity contribution in [2.45, 2.75) is 37.6 Å². The normalized spacial score (nSPS) is 24.0. The largest absolute Gasteiger partial charge is 0.480 e. The first kappa shape index (κ1) is 14.3. The maximum atomic E-state index is 12.0. The summed E-state index contributed by atoms with van der Waals surface area (Å²) in [5.74, 6) is -0.425. The van der Waals surface area contributed by atoms with Crippen LogP contribution in [-0.2, 0) is 9.59 Å². The molecule has 0 saturated carbocycles. The average Bonchev–Trinajstić information content (AvgIpc) is 2.72. The molecule has 0 spiro atoms. The third kappa shape index (κ3) is 3.61. The van der Waals surface area contributed by atoms with E-state index in [1.807, 2.05) is 14.0 Å². The Morgan fingerprint density at radius 2 is 2.24 bits per heavy atom. The zero-order valence-electron chi connectivity index (χ0n) is 10.3. The molecule has 0 aromatic heterocycles. The number of aliphatic carboxylic acids is 1. The Kier molecular flexibility index (Phi) is 5.77. The molecule has 0 aliphatic carbocycles. The molecule has 0 radical (unpaired) electrons. The molecular formula is C11H20N2O3S. The van der Waals surface area contributed by atoms with Gasteiger partial charge < -0.3 is 15.3 Å². The second kappa shape index (κ2) is 6.86. The molecule has 0 aromatic carbocycles. The molecule has 2 atom stereocenters. The van der Waals surface area contributed by atoms with Crippen molar-refractivity contribution in [2.75, 3.05) is 19.3 Å². The number of carboxylic acids is 1. The van der Waals surface area contributed by atoms with Gasteiger partial charge in [-0.1, -0.05) is 6.92 Å². The molecule has 1 saturated heterocycles. The summed E-state index contributed by atoms with van der Waals surface area (Å²) in [6, 6.07) is -0.646. The zero-order chi connectivity index (χ0) is 12.8. The molecule has 1 rings (SSSR count). The van der Waals surface area contributed by atoms with Crippen LogP contribution in [0, 0.1) is 0 Å². The van der Waals surface area contributed by atoms with E-state index in [1.54, 1.807) is 16.7 Å². The summed E-state index contributed by atoms with van der Waals surface area (Å²) in [6.07, 6.45) is 1.97. The number of amides is 1. The fraction of sp³-hybridized carbons (Fsp3) is 0.818. The first-order valence-electron chi connectivity index (χ1n) is 5.92. The van der Waals surface area contributed by atoms with E-state index in [0.717, 1.165) is 19.4 Å². The van der Waals surface area contributed by atoms with Crippen molar-refractivity contribution < 1.29 is 14.7 Å². The average molecular weight is 260 g/mol. The predicted octanol–water partition coefficient (Wildman–Crippen LogP) is 0.751. The molecule has 1 fully saturated rings. The number of nitrogens with zero attached hydrogens (tertiary/aromatic N) is 1. The van der Waals surface area contributed by atoms with Crippen LogP contribution in [0.1, 0.15) is 26.2 Å². The lowest BCUT2D eigenvalue weighted by Crippen LogP contribution is -2.45. The lowest BCUT2D eigenvalue weighted by atomic mass is 10.2. The van der Waals surface area contributed by atoms with E-state index in [1.165, 1.54) is 0 Å². The molecular weight excluding hydrogens is 240 g/mol. The van der Waals surface area contributed by atoms with Crippen LogP contribution in [-0.4, -0.2) is 52.6 Å². The first-order chi connectivity index (χ1) is 8.11. The van der Waals surface area contributed by atoms with Crippen molar-refractivity contribution in [1.29, 1.82) is 0 Å². The molecule has 6 heteroatoms. The number of thioether (sulfide) groups is 1. The number of hydrogen-bond donors (Lipinski definition) is 2. The maximum absolute atomic E-state index is 12.0. The Labute approximate surface area is 106 Å². The number of carboxylic acid groups (broad SMARTS) is 1. The first-order valence-corrected chi connectivity index (χ1v) is 6.96. The maximum Gasteiger partial charge on any atom is 0.327 e. The highest BCUT2D eigenvalue weighted by Crippen LogP contribution is 2.31. The highest BCUT2D eigenvalue weighted by atomic mass is 32.2. The molecule has 98 valence electrons. The number of nitrogens with one attached hydrogen (secondary N) is 1. The van der Waals surface area contributed by atoms with Gasteiger partial charge in [-0.25, -0.2) is 4.79 Å². The van der Waals surface area contributed by atoms with E-state index in [2.05, 4.69) is 5.32 Å². The van der Waals surface area contributed by atoms with Crippen molar-refractivity contribution in [2.24, 2.45) is 0 Å². The van der Waals surface area contributed by atoms with E-state index in [4.69, 9.17) is 5.11 Å². The van der Waals surface area contributed by atoms with Gasteiger partial charge in [0.05, 0.1) is 5.37 Å². The summed E-state index contributed by atoms with van der Waals surface area (Å²) in [5.41, 5.74) is 0. The van der Waals surface area contributed by atoms with Gasteiger partial charge in [0.1, 0.15) is 6.04 Å². The minimum Gasteiger partial charge on any atom is -0.480 e. The van der Waals surface area contributed by atoms with Crippen LogP contribution in [0.5, 0.6) is 0 Å². The van der Waals surface area contributed by atoms with Gasteiger partial charge in [-0.05, 0) is 26.4 Å². The van der Waals surface area contributed by atoms with Crippen molar-refractivity contribution >= 4 is 23.6 Å². The third-order valence-corrected chi connectivity index (χ3v) is 4.29. The summed E-state index contributed by atoms with van der Waals surface area (Å²) >= 11 is 1.56. The monoisotopic (exact) mass is 260 g/mol. The summed E-state index contributed by atoms with van der Waals surface area (Å²) in [6.45, 7) is 2.76. The van der Waals surface area contributed by atoms with E-state index < -0.39 is 12.0 Å². The van der Waals surface area contributed by atoms with Crippen molar-refractivity contribution in [3.05, 3.63) is 0 Å². The summed E-state index contributed by atoms with van der Waals surface area (Å²) < 4.78 is 0. The van der Waals surface area contributed by atoms with Crippen LogP contribution in [0.4, 0.5) is 0 Å². The zero-order valence-corrected chi connectivity index (χ0v) is 11.1. The number of carbonyl (C=O) groups is 2. The quantitative estimate of drug-likeness (QED) is 0.690. The highest BCUT2D eigenvalue weighted by molar-refractivity contribution is 8.00. The summed E-state index contributed by atoms with van der Waals surface area (Å²) in [5, 5.41) is 12.1. The smallest absolute Gasteiger partial charge is 0.327 e. The van der Waals surface area contributed by atoms with Gasteiger partial charge in [0.15, 0.2) is 0 Å². The molecule has 5 nitrogen and oxygen atoms in total. The summed E-state index contributed by atoms with van der Waals surface area (Å²) in [4.78, 5) is 24.7. The Balaban J connectivity index is 2.61. The van der Waals surface area contributed by atoms with Gasteiger partial charge in [0.2, 0.25) is 5.91 Å². The van der Waals surface area contributed by atoms with Crippen molar-refractivity contribution in [1.82, 2.24) is 10.2 Å². The molecule has 2 unspecified atom stereocenters. The Bertz CT molecular complexity index is 286. The van der Waals surface area contributed by atoms with Crippen LogP contribution < -0.4 is 5.32 Å². The van der Waals surface area contributed by atoms with Gasteiger partial charge >= 0.3 is 5.97 Å². The topological polar surface area (TPSA) is 69.6 Å². The van der Waals surface area contributed by atoms with Crippen LogP contribution in [0.25, 0.3) is 0 Å². The Morgan fingerprint density at radius 3 is 2.76 bits per heavy atom. The van der Waals surface area contributed by atoms with Crippen LogP contribution in [0.2, 0.25) is 0 Å². The fourth-order valence-electron chi connectivity index (χ4n) is 1.95. The van der Waals surface area contributed by atoms with Crippen molar-refractivity contribution in [3.63, 3.8) is 0 Å². The van der Waals surface area contributed by atoms with Crippen LogP contribution in [0.3, 0.4) is 0 Å². The van der Waals surface area contributed by atoms with Gasteiger partial charge in [-0.3, -0.25) is 4.79 Å². The number of rotatable bonds is 6. The summed E-state index contributed by atoms with van der Waals surface area (Å²) in [7, 11) is 1.84. The minimum absolute atomic E-state index is 0.0261. The minimum atomic E-state index is -0.893. The van der Waals surface area contributed by atoms with Gasteiger partial charge in [0.25, 0.3) is 0 Å². The lowest BCUT2D eigenvalue weighted by molar-refractivity contribution is -0.149. The number of hydrogen-bond acceptors (Lipinski definition) is 4. The molecule has 1 heterocycles. The van der Waals surface area contributed by atoms with E-state index >= 15 is 0 Å². The van der Waals surface area contributed by atoms with Gasteiger partial charge in [-0.2, -0.15) is 0 Å². The molecule has 0 bridgehead atoms. The standard InChI is InChI=1S/C11H20N2O3S/c1-3-10-13(8(7-17-10)11(15)16)9(14)5-4-6-12-2/h8,10,12H,3-7H2,1-2H3,(H,15,16). The number of carbonyl (C=O) groups excluding carboxylic acids is 1. The van der Waals surface area contributed by atoms with E-state index in [0.29, 0.717) is 12.2 Å². The van der Waals surface area contributed by atoms with Crippen LogP contribution in [0.15, 0.2) is 0 Å². The van der Waals surface area contributed by atoms with Crippen molar-refractivity contribution in [3.8, 4) is 0 Å². The second-order valence-corrected chi connectivity index (χ2v) is 5.27. The van der Waals surface area contributed by atoms with Crippen LogP contribution >= 0.6 is 11.8 Å². The second-order valence-electron chi connectivity index (χ2n) is 4.06. The fourth-order valence-corrected chi connectivity index (χ4v) is 3.32.